The van der Waals surface area contributed by atoms with Gasteiger partial charge < -0.3 is 20.2 Å². The van der Waals surface area contributed by atoms with Crippen LogP contribution in [0.15, 0.2) is 59.5 Å². The van der Waals surface area contributed by atoms with Crippen molar-refractivity contribution in [2.75, 3.05) is 36.9 Å². The molecule has 306 valence electrons. The number of amides is 3. The van der Waals surface area contributed by atoms with E-state index in [1.165, 1.54) is 0 Å². The van der Waals surface area contributed by atoms with Crippen LogP contribution in [0.2, 0.25) is 10.0 Å². The summed E-state index contributed by atoms with van der Waals surface area (Å²) >= 11 is 12.5. The maximum Gasteiger partial charge on any atom is 0.329 e. The summed E-state index contributed by atoms with van der Waals surface area (Å²) < 4.78 is 5.25. The van der Waals surface area contributed by atoms with Crippen LogP contribution in [-0.4, -0.2) is 79.4 Å². The third-order valence-corrected chi connectivity index (χ3v) is 13.4. The van der Waals surface area contributed by atoms with Gasteiger partial charge in [-0.1, -0.05) is 35.3 Å². The number of nitrogens with zero attached hydrogens (tertiary/aromatic N) is 6. The maximum atomic E-state index is 13.5. The van der Waals surface area contributed by atoms with Gasteiger partial charge in [-0.15, -0.1) is 0 Å². The topological polar surface area (TPSA) is 147 Å². The maximum absolute atomic E-state index is 13.5. The molecule has 1 aliphatic carbocycles. The van der Waals surface area contributed by atoms with Crippen LogP contribution in [0.4, 0.5) is 11.4 Å². The molecular formula is C43H50Cl2N8O5. The lowest BCUT2D eigenvalue weighted by molar-refractivity contribution is -0.135. The second-order valence-corrected chi connectivity index (χ2v) is 17.6. The van der Waals surface area contributed by atoms with Gasteiger partial charge in [0, 0.05) is 62.0 Å². The molecule has 3 N–H and O–H groups in total. The molecule has 58 heavy (non-hydrogen) atoms. The summed E-state index contributed by atoms with van der Waals surface area (Å²) in [5, 5.41) is 22.7. The third kappa shape index (κ3) is 7.65. The van der Waals surface area contributed by atoms with E-state index in [-0.39, 0.29) is 34.6 Å². The predicted molar refractivity (Wildman–Crippen MR) is 227 cm³/mol. The van der Waals surface area contributed by atoms with Crippen LogP contribution < -0.4 is 21.2 Å². The minimum Gasteiger partial charge on any atom is -0.386 e. The fourth-order valence-electron chi connectivity index (χ4n) is 9.35. The molecule has 2 aromatic heterocycles. The minimum atomic E-state index is -1.24. The number of piperidine rings is 2. The van der Waals surface area contributed by atoms with Crippen molar-refractivity contribution < 1.29 is 19.5 Å². The number of imidazole rings is 1. The zero-order valence-electron chi connectivity index (χ0n) is 33.3. The molecule has 4 heterocycles. The van der Waals surface area contributed by atoms with Crippen LogP contribution >= 0.6 is 23.2 Å². The highest BCUT2D eigenvalue weighted by molar-refractivity contribution is 6.44. The molecule has 8 rings (SSSR count). The second-order valence-electron chi connectivity index (χ2n) is 16.8. The van der Waals surface area contributed by atoms with E-state index in [9.17, 15) is 24.3 Å². The number of rotatable bonds is 9. The predicted octanol–water partition coefficient (Wildman–Crippen LogP) is 6.79. The average Bonchev–Trinajstić information content (AvgIpc) is 3.73. The molecule has 13 nitrogen and oxygen atoms in total. The van der Waals surface area contributed by atoms with E-state index in [2.05, 4.69) is 38.2 Å². The molecule has 0 radical (unpaired) electrons. The van der Waals surface area contributed by atoms with Crippen molar-refractivity contribution in [1.82, 2.24) is 29.1 Å². The summed E-state index contributed by atoms with van der Waals surface area (Å²) in [6, 6.07) is 14.5. The van der Waals surface area contributed by atoms with Crippen molar-refractivity contribution in [3.8, 4) is 0 Å². The number of halogens is 2. The summed E-state index contributed by atoms with van der Waals surface area (Å²) in [6.45, 7) is 6.13. The fraction of sp³-hybridized carbons (Fsp3) is 0.465. The molecule has 1 atom stereocenters. The first kappa shape index (κ1) is 40.1. The van der Waals surface area contributed by atoms with Gasteiger partial charge in [0.15, 0.2) is 0 Å². The summed E-state index contributed by atoms with van der Waals surface area (Å²) in [7, 11) is 4.00. The Bertz CT molecular complexity index is 2470. The van der Waals surface area contributed by atoms with E-state index in [0.717, 1.165) is 80.3 Å². The lowest BCUT2D eigenvalue weighted by atomic mass is 9.85. The van der Waals surface area contributed by atoms with E-state index in [1.54, 1.807) is 48.2 Å². The number of aryl methyl sites for hydroxylation is 1. The zero-order valence-corrected chi connectivity index (χ0v) is 34.8. The Labute approximate surface area is 346 Å². The van der Waals surface area contributed by atoms with Crippen molar-refractivity contribution in [1.29, 1.82) is 0 Å². The molecule has 1 saturated carbocycles. The van der Waals surface area contributed by atoms with Gasteiger partial charge >= 0.3 is 5.69 Å². The fourth-order valence-corrected chi connectivity index (χ4v) is 9.74. The highest BCUT2D eigenvalue weighted by atomic mass is 35.5. The summed E-state index contributed by atoms with van der Waals surface area (Å²) in [4.78, 5) is 56.2. The first-order chi connectivity index (χ1) is 27.7. The van der Waals surface area contributed by atoms with Gasteiger partial charge in [-0.2, -0.15) is 5.10 Å². The van der Waals surface area contributed by atoms with Crippen LogP contribution in [0.3, 0.4) is 0 Å². The molecule has 2 saturated heterocycles. The molecule has 3 amide bonds. The Balaban J connectivity index is 0.887. The van der Waals surface area contributed by atoms with Crippen molar-refractivity contribution in [2.24, 2.45) is 13.0 Å². The standard InChI is InChI=1S/C43H50Cl2N8O5/c1-43(2,58)30-22-32-26(21-33(30)46-40(55)29-7-5-8-31(44)38(29)45)24-52(48-32)28-13-11-25(12-14-28)23-49(3)27-17-19-51(20-18-27)34-9-6-10-35-39(34)50(4)42(57)53(35)36-15-16-37(54)47-41(36)56/h5-10,21-22,24-25,27-28,36,58H,11-20,23H2,1-4H3,(H,46,55)(H,47,54,56). The van der Waals surface area contributed by atoms with E-state index in [1.807, 2.05) is 30.5 Å². The average molecular weight is 830 g/mol. The Hall–Kier alpha value is -4.69. The number of hydrogen-bond acceptors (Lipinski definition) is 8. The lowest BCUT2D eigenvalue weighted by Gasteiger charge is -2.40. The summed E-state index contributed by atoms with van der Waals surface area (Å²) in [5.41, 5.74) is 3.09. The van der Waals surface area contributed by atoms with E-state index in [4.69, 9.17) is 28.3 Å². The number of benzene rings is 3. The molecule has 3 fully saturated rings. The highest BCUT2D eigenvalue weighted by Crippen LogP contribution is 2.38. The SMILES string of the molecule is CN(CC1CCC(n2cc3cc(NC(=O)c4cccc(Cl)c4Cl)c(C(C)(C)O)cc3n2)CC1)C1CCN(c2cccc3c2n(C)c(=O)n3C2CCC(=O)NC2=O)CC1. The molecule has 2 aliphatic heterocycles. The zero-order chi connectivity index (χ0) is 41.0. The molecule has 0 spiro atoms. The van der Waals surface area contributed by atoms with Gasteiger partial charge in [-0.25, -0.2) is 4.79 Å². The first-order valence-corrected chi connectivity index (χ1v) is 20.9. The van der Waals surface area contributed by atoms with Crippen molar-refractivity contribution in [2.45, 2.75) is 88.9 Å². The number of carbonyl (C=O) groups is 3. The van der Waals surface area contributed by atoms with Crippen LogP contribution in [0.25, 0.3) is 21.9 Å². The number of anilines is 2. The van der Waals surface area contributed by atoms with Crippen molar-refractivity contribution in [3.63, 3.8) is 0 Å². The Morgan fingerprint density at radius 1 is 1.00 bits per heavy atom. The highest BCUT2D eigenvalue weighted by Gasteiger charge is 2.34. The number of fused-ring (bicyclic) bond motifs is 2. The number of aromatic nitrogens is 4. The third-order valence-electron chi connectivity index (χ3n) is 12.5. The van der Waals surface area contributed by atoms with Gasteiger partial charge in [-0.05, 0) is 108 Å². The monoisotopic (exact) mass is 828 g/mol. The number of nitrogens with one attached hydrogen (secondary N) is 2. The smallest absolute Gasteiger partial charge is 0.329 e. The molecule has 0 bridgehead atoms. The van der Waals surface area contributed by atoms with Crippen LogP contribution in [0, 0.1) is 5.92 Å². The van der Waals surface area contributed by atoms with E-state index < -0.39 is 23.5 Å². The quantitative estimate of drug-likeness (QED) is 0.138. The lowest BCUT2D eigenvalue weighted by Crippen LogP contribution is -2.45. The Kier molecular flexibility index (Phi) is 10.9. The summed E-state index contributed by atoms with van der Waals surface area (Å²) in [5.74, 6) is -0.556. The number of hydrogen-bond donors (Lipinski definition) is 3. The number of imide groups is 1. The minimum absolute atomic E-state index is 0.175. The van der Waals surface area contributed by atoms with Crippen LogP contribution in [0.1, 0.15) is 93.2 Å². The Morgan fingerprint density at radius 3 is 2.43 bits per heavy atom. The number of aliphatic hydroxyl groups is 1. The first-order valence-electron chi connectivity index (χ1n) is 20.2. The summed E-state index contributed by atoms with van der Waals surface area (Å²) in [6.07, 6.45) is 8.80. The molecule has 1 unspecified atom stereocenters. The van der Waals surface area contributed by atoms with Gasteiger partial charge in [0.05, 0.1) is 49.5 Å². The molecular weight excluding hydrogens is 779 g/mol. The van der Waals surface area contributed by atoms with Gasteiger partial charge in [0.25, 0.3) is 5.91 Å². The van der Waals surface area contributed by atoms with E-state index in [0.29, 0.717) is 40.2 Å². The van der Waals surface area contributed by atoms with Gasteiger partial charge in [0.2, 0.25) is 11.8 Å². The number of para-hydroxylation sites is 1. The largest absolute Gasteiger partial charge is 0.386 e. The van der Waals surface area contributed by atoms with E-state index >= 15 is 0 Å². The van der Waals surface area contributed by atoms with Crippen molar-refractivity contribution in [3.05, 3.63) is 86.4 Å². The van der Waals surface area contributed by atoms with Crippen molar-refractivity contribution >= 4 is 74.2 Å². The second kappa shape index (κ2) is 15.8. The van der Waals surface area contributed by atoms with Gasteiger partial charge in [-0.3, -0.25) is 33.5 Å². The Morgan fingerprint density at radius 2 is 1.72 bits per heavy atom. The van der Waals surface area contributed by atoms with Crippen LogP contribution in [0.5, 0.6) is 0 Å². The van der Waals surface area contributed by atoms with Crippen LogP contribution in [-0.2, 0) is 22.2 Å². The molecule has 3 aromatic carbocycles. The normalized spacial score (nSPS) is 21.0. The number of carbonyl (C=O) groups excluding carboxylic acids is 3. The molecule has 5 aromatic rings. The van der Waals surface area contributed by atoms with Gasteiger partial charge in [0.1, 0.15) is 6.04 Å². The molecule has 3 aliphatic rings. The molecule has 15 heteroatoms.